The van der Waals surface area contributed by atoms with Gasteiger partial charge < -0.3 is 4.90 Å². The van der Waals surface area contributed by atoms with Gasteiger partial charge in [-0.05, 0) is 31.4 Å². The van der Waals surface area contributed by atoms with Gasteiger partial charge in [-0.3, -0.25) is 14.2 Å². The summed E-state index contributed by atoms with van der Waals surface area (Å²) < 4.78 is 27.1. The van der Waals surface area contributed by atoms with Gasteiger partial charge in [-0.1, -0.05) is 37.5 Å². The molecule has 5 rings (SSSR count). The van der Waals surface area contributed by atoms with Crippen molar-refractivity contribution in [2.75, 3.05) is 11.5 Å². The molecule has 9 nitrogen and oxygen atoms in total. The number of amides is 1. The number of aromatic nitrogens is 4. The van der Waals surface area contributed by atoms with Gasteiger partial charge in [0.05, 0.1) is 23.4 Å². The zero-order valence-electron chi connectivity index (χ0n) is 18.3. The third-order valence-corrected chi connectivity index (χ3v) is 8.47. The molecule has 3 heterocycles. The second kappa shape index (κ2) is 8.74. The number of hydrogen-bond donors (Lipinski definition) is 0. The lowest BCUT2D eigenvalue weighted by Crippen LogP contribution is -2.50. The number of hydrogen-bond acceptors (Lipinski definition) is 6. The van der Waals surface area contributed by atoms with Crippen molar-refractivity contribution in [3.8, 4) is 5.69 Å². The quantitative estimate of drug-likeness (QED) is 0.565. The van der Waals surface area contributed by atoms with Crippen LogP contribution in [-0.4, -0.2) is 62.1 Å². The molecule has 1 saturated heterocycles. The minimum Gasteiger partial charge on any atom is -0.334 e. The lowest BCUT2D eigenvalue weighted by atomic mass is 9.93. The molecule has 174 valence electrons. The van der Waals surface area contributed by atoms with E-state index in [4.69, 9.17) is 0 Å². The van der Waals surface area contributed by atoms with Crippen molar-refractivity contribution >= 4 is 26.8 Å². The van der Waals surface area contributed by atoms with Gasteiger partial charge in [0.15, 0.2) is 15.5 Å². The first-order chi connectivity index (χ1) is 15.9. The third-order valence-electron chi connectivity index (χ3n) is 6.72. The molecule has 3 aromatic rings. The van der Waals surface area contributed by atoms with E-state index in [0.717, 1.165) is 37.8 Å². The number of carbonyl (C=O) groups is 1. The molecule has 2 aromatic heterocycles. The molecule has 2 aliphatic rings. The van der Waals surface area contributed by atoms with E-state index in [0.29, 0.717) is 17.5 Å². The van der Waals surface area contributed by atoms with Gasteiger partial charge in [0, 0.05) is 12.1 Å². The Morgan fingerprint density at radius 3 is 2.52 bits per heavy atom. The molecule has 1 aromatic carbocycles. The van der Waals surface area contributed by atoms with Crippen molar-refractivity contribution in [1.82, 2.24) is 24.2 Å². The minimum atomic E-state index is -3.13. The first-order valence-electron chi connectivity index (χ1n) is 11.4. The molecule has 0 radical (unpaired) electrons. The summed E-state index contributed by atoms with van der Waals surface area (Å²) in [6.45, 7) is -0.161. The highest BCUT2D eigenvalue weighted by molar-refractivity contribution is 7.91. The Hall–Kier alpha value is -3.01. The molecule has 10 heteroatoms. The second-order valence-electron chi connectivity index (χ2n) is 8.96. The van der Waals surface area contributed by atoms with Crippen LogP contribution in [0.25, 0.3) is 16.7 Å². The van der Waals surface area contributed by atoms with Crippen molar-refractivity contribution in [3.63, 3.8) is 0 Å². The van der Waals surface area contributed by atoms with Crippen LogP contribution in [0.1, 0.15) is 38.5 Å². The van der Waals surface area contributed by atoms with Crippen LogP contribution >= 0.6 is 0 Å². The van der Waals surface area contributed by atoms with Crippen LogP contribution in [0.15, 0.2) is 47.7 Å². The van der Waals surface area contributed by atoms with Gasteiger partial charge in [-0.2, -0.15) is 5.10 Å². The Morgan fingerprint density at radius 1 is 1.06 bits per heavy atom. The Balaban J connectivity index is 1.44. The topological polar surface area (TPSA) is 107 Å². The summed E-state index contributed by atoms with van der Waals surface area (Å²) in [6, 6.07) is 9.12. The molecule has 1 atom stereocenters. The summed E-state index contributed by atoms with van der Waals surface area (Å²) in [5, 5.41) is 4.65. The fourth-order valence-electron chi connectivity index (χ4n) is 5.11. The van der Waals surface area contributed by atoms with Crippen LogP contribution in [0.5, 0.6) is 0 Å². The first kappa shape index (κ1) is 21.8. The van der Waals surface area contributed by atoms with Crippen LogP contribution in [0, 0.1) is 0 Å². The van der Waals surface area contributed by atoms with E-state index in [1.807, 2.05) is 30.3 Å². The van der Waals surface area contributed by atoms with Crippen LogP contribution in [0.2, 0.25) is 0 Å². The number of para-hydroxylation sites is 1. The Morgan fingerprint density at radius 2 is 1.82 bits per heavy atom. The van der Waals surface area contributed by atoms with E-state index in [9.17, 15) is 18.0 Å². The van der Waals surface area contributed by atoms with E-state index in [1.165, 1.54) is 17.1 Å². The van der Waals surface area contributed by atoms with Gasteiger partial charge in [0.1, 0.15) is 18.3 Å². The van der Waals surface area contributed by atoms with Gasteiger partial charge in [0.2, 0.25) is 5.91 Å². The molecule has 2 fully saturated rings. The molecule has 1 amide bonds. The smallest absolute Gasteiger partial charge is 0.264 e. The highest BCUT2D eigenvalue weighted by Gasteiger charge is 2.38. The molecule has 0 N–H and O–H groups in total. The van der Waals surface area contributed by atoms with Crippen LogP contribution in [0.4, 0.5) is 0 Å². The molecular weight excluding hydrogens is 442 g/mol. The predicted octanol–water partition coefficient (Wildman–Crippen LogP) is 1.93. The minimum absolute atomic E-state index is 0.00523. The van der Waals surface area contributed by atoms with E-state index in [1.54, 1.807) is 9.58 Å². The molecule has 1 saturated carbocycles. The molecule has 0 bridgehead atoms. The summed E-state index contributed by atoms with van der Waals surface area (Å²) >= 11 is 0. The normalized spacial score (nSPS) is 20.8. The number of fused-ring (bicyclic) bond motifs is 1. The molecule has 1 unspecified atom stereocenters. The summed E-state index contributed by atoms with van der Waals surface area (Å²) in [6.07, 6.45) is 8.25. The lowest BCUT2D eigenvalue weighted by molar-refractivity contribution is -0.137. The van der Waals surface area contributed by atoms with Gasteiger partial charge in [-0.25, -0.2) is 18.1 Å². The van der Waals surface area contributed by atoms with Crippen molar-refractivity contribution in [3.05, 3.63) is 53.2 Å². The van der Waals surface area contributed by atoms with Crippen molar-refractivity contribution in [2.24, 2.45) is 0 Å². The Kier molecular flexibility index (Phi) is 5.77. The third kappa shape index (κ3) is 4.31. The number of rotatable bonds is 5. The average molecular weight is 470 g/mol. The molecule has 1 aliphatic heterocycles. The molecule has 0 spiro atoms. The van der Waals surface area contributed by atoms with E-state index < -0.39 is 9.84 Å². The first-order valence-corrected chi connectivity index (χ1v) is 13.3. The van der Waals surface area contributed by atoms with E-state index >= 15 is 0 Å². The fourth-order valence-corrected chi connectivity index (χ4v) is 6.82. The zero-order chi connectivity index (χ0) is 23.0. The average Bonchev–Trinajstić information content (AvgIpc) is 3.41. The van der Waals surface area contributed by atoms with Gasteiger partial charge in [0.25, 0.3) is 5.56 Å². The van der Waals surface area contributed by atoms with Crippen LogP contribution < -0.4 is 5.56 Å². The predicted molar refractivity (Wildman–Crippen MR) is 124 cm³/mol. The van der Waals surface area contributed by atoms with E-state index in [2.05, 4.69) is 10.1 Å². The monoisotopic (exact) mass is 469 g/mol. The largest absolute Gasteiger partial charge is 0.334 e. The molecule has 33 heavy (non-hydrogen) atoms. The van der Waals surface area contributed by atoms with E-state index in [-0.39, 0.29) is 41.6 Å². The Labute approximate surface area is 192 Å². The maximum Gasteiger partial charge on any atom is 0.264 e. The second-order valence-corrected chi connectivity index (χ2v) is 11.2. The van der Waals surface area contributed by atoms with Gasteiger partial charge in [-0.15, -0.1) is 0 Å². The Bertz CT molecular complexity index is 1330. The number of benzene rings is 1. The summed E-state index contributed by atoms with van der Waals surface area (Å²) in [7, 11) is -3.13. The fraction of sp³-hybridized carbons (Fsp3) is 0.478. The maximum absolute atomic E-state index is 13.4. The lowest BCUT2D eigenvalue weighted by Gasteiger charge is -2.38. The SMILES string of the molecule is O=C(Cn1cnc2c(cnn2-c2ccccc2)c1=O)N(C1CCCCC1)C1CCS(=O)(=O)C1. The summed E-state index contributed by atoms with van der Waals surface area (Å²) in [5.41, 5.74) is 0.887. The van der Waals surface area contributed by atoms with Gasteiger partial charge >= 0.3 is 0 Å². The standard InChI is InChI=1S/C23H27N5O4S/c29-21(27(17-7-3-1-4-8-17)19-11-12-33(31,32)15-19)14-26-16-24-22-20(23(26)30)13-25-28(22)18-9-5-2-6-10-18/h2,5-6,9-10,13,16-17,19H,1,3-4,7-8,11-12,14-15H2. The van der Waals surface area contributed by atoms with Crippen LogP contribution in [-0.2, 0) is 21.2 Å². The summed E-state index contributed by atoms with van der Waals surface area (Å²) in [4.78, 5) is 32.8. The van der Waals surface area contributed by atoms with Crippen molar-refractivity contribution in [2.45, 2.75) is 57.2 Å². The molecule has 1 aliphatic carbocycles. The summed E-state index contributed by atoms with van der Waals surface area (Å²) in [5.74, 6) is -0.103. The van der Waals surface area contributed by atoms with Crippen molar-refractivity contribution < 1.29 is 13.2 Å². The number of sulfone groups is 1. The number of nitrogens with zero attached hydrogens (tertiary/aromatic N) is 5. The van der Waals surface area contributed by atoms with Crippen LogP contribution in [0.3, 0.4) is 0 Å². The highest BCUT2D eigenvalue weighted by atomic mass is 32.2. The van der Waals surface area contributed by atoms with Crippen molar-refractivity contribution in [1.29, 1.82) is 0 Å². The highest BCUT2D eigenvalue weighted by Crippen LogP contribution is 2.28. The zero-order valence-corrected chi connectivity index (χ0v) is 19.2. The number of carbonyl (C=O) groups excluding carboxylic acids is 1. The molecular formula is C23H27N5O4S. The maximum atomic E-state index is 13.4.